The third-order valence-electron chi connectivity index (χ3n) is 3.55. The summed E-state index contributed by atoms with van der Waals surface area (Å²) in [5, 5.41) is 4.35. The van der Waals surface area contributed by atoms with Gasteiger partial charge < -0.3 is 15.0 Å². The minimum absolute atomic E-state index is 0.828. The van der Waals surface area contributed by atoms with Gasteiger partial charge in [0.15, 0.2) is 0 Å². The fourth-order valence-electron chi connectivity index (χ4n) is 2.62. The molecule has 0 spiro atoms. The number of hydrogen-bond donors (Lipinski definition) is 1. The Morgan fingerprint density at radius 2 is 2.05 bits per heavy atom. The molecule has 0 unspecified atom stereocenters. The van der Waals surface area contributed by atoms with Crippen molar-refractivity contribution < 1.29 is 4.74 Å². The first kappa shape index (κ1) is 14.6. The zero-order valence-electron chi connectivity index (χ0n) is 12.9. The number of likely N-dealkylation sites (N-methyl/N-ethyl adjacent to an activating group) is 1. The average Bonchev–Trinajstić information content (AvgIpc) is 2.43. The molecule has 1 aromatic carbocycles. The van der Waals surface area contributed by atoms with E-state index < -0.39 is 0 Å². The maximum absolute atomic E-state index is 5.44. The minimum atomic E-state index is 0.828. The molecule has 0 fully saturated rings. The summed E-state index contributed by atoms with van der Waals surface area (Å²) in [5.74, 6) is 0.828. The lowest BCUT2D eigenvalue weighted by atomic mass is 10.0. The van der Waals surface area contributed by atoms with Crippen LogP contribution in [-0.2, 0) is 6.42 Å². The molecular formula is C16H23N3O. The van der Waals surface area contributed by atoms with E-state index in [1.165, 1.54) is 11.3 Å². The predicted octanol–water partition coefficient (Wildman–Crippen LogP) is 2.38. The van der Waals surface area contributed by atoms with Crippen LogP contribution in [0.15, 0.2) is 18.2 Å². The van der Waals surface area contributed by atoms with Crippen LogP contribution in [0.2, 0.25) is 0 Å². The van der Waals surface area contributed by atoms with Crippen LogP contribution in [-0.4, -0.2) is 39.8 Å². The quantitative estimate of drug-likeness (QED) is 0.907. The van der Waals surface area contributed by atoms with Crippen molar-refractivity contribution in [3.63, 3.8) is 0 Å². The van der Waals surface area contributed by atoms with E-state index in [0.29, 0.717) is 0 Å². The highest BCUT2D eigenvalue weighted by atomic mass is 16.5. The van der Waals surface area contributed by atoms with E-state index in [0.717, 1.165) is 35.3 Å². The third kappa shape index (κ3) is 2.56. The average molecular weight is 273 g/mol. The highest BCUT2D eigenvalue weighted by molar-refractivity contribution is 5.97. The lowest BCUT2D eigenvalue weighted by molar-refractivity contribution is 0.419. The number of methoxy groups -OCH3 is 1. The van der Waals surface area contributed by atoms with Crippen LogP contribution in [0.4, 0.5) is 5.69 Å². The molecule has 0 radical (unpaired) electrons. The lowest BCUT2D eigenvalue weighted by Crippen LogP contribution is -2.17. The Labute approximate surface area is 120 Å². The second kappa shape index (κ2) is 6.09. The first-order valence-corrected chi connectivity index (χ1v) is 6.88. The van der Waals surface area contributed by atoms with Gasteiger partial charge in [-0.2, -0.15) is 0 Å². The molecule has 0 bridgehead atoms. The van der Waals surface area contributed by atoms with Crippen molar-refractivity contribution >= 4 is 16.6 Å². The van der Waals surface area contributed by atoms with Crippen LogP contribution in [0.25, 0.3) is 10.9 Å². The second-order valence-corrected chi connectivity index (χ2v) is 5.13. The highest BCUT2D eigenvalue weighted by Gasteiger charge is 2.16. The topological polar surface area (TPSA) is 37.4 Å². The first-order chi connectivity index (χ1) is 9.60. The number of nitrogens with zero attached hydrogens (tertiary/aromatic N) is 2. The zero-order valence-corrected chi connectivity index (χ0v) is 12.9. The standard InChI is InChI=1S/C16H23N3O/c1-11-12(9-10-17-2)16(19(3)4)13-7-6-8-14(20-5)15(13)18-11/h6-8,17H,9-10H2,1-5H3. The summed E-state index contributed by atoms with van der Waals surface area (Å²) in [6.45, 7) is 3.02. The van der Waals surface area contributed by atoms with E-state index >= 15 is 0 Å². The van der Waals surface area contributed by atoms with E-state index in [-0.39, 0.29) is 0 Å². The number of ether oxygens (including phenoxy) is 1. The van der Waals surface area contributed by atoms with Gasteiger partial charge in [-0.3, -0.25) is 0 Å². The molecule has 4 heteroatoms. The van der Waals surface area contributed by atoms with Crippen molar-refractivity contribution in [1.29, 1.82) is 0 Å². The summed E-state index contributed by atoms with van der Waals surface area (Å²) in [6, 6.07) is 6.09. The van der Waals surface area contributed by atoms with Gasteiger partial charge in [0.25, 0.3) is 0 Å². The molecule has 1 aromatic heterocycles. The molecule has 108 valence electrons. The molecule has 0 saturated carbocycles. The van der Waals surface area contributed by atoms with Gasteiger partial charge in [-0.1, -0.05) is 12.1 Å². The summed E-state index contributed by atoms with van der Waals surface area (Å²) < 4.78 is 5.44. The zero-order chi connectivity index (χ0) is 14.7. The van der Waals surface area contributed by atoms with Crippen LogP contribution in [0.3, 0.4) is 0 Å². The number of para-hydroxylation sites is 1. The molecule has 2 aromatic rings. The number of nitrogens with one attached hydrogen (secondary N) is 1. The highest BCUT2D eigenvalue weighted by Crippen LogP contribution is 2.34. The van der Waals surface area contributed by atoms with Gasteiger partial charge in [0, 0.05) is 25.2 Å². The van der Waals surface area contributed by atoms with E-state index in [1.807, 2.05) is 19.2 Å². The van der Waals surface area contributed by atoms with Crippen molar-refractivity contribution in [3.05, 3.63) is 29.5 Å². The molecule has 1 heterocycles. The summed E-state index contributed by atoms with van der Waals surface area (Å²) in [6.07, 6.45) is 0.968. The molecule has 0 atom stereocenters. The normalized spacial score (nSPS) is 10.8. The fraction of sp³-hybridized carbons (Fsp3) is 0.438. The Kier molecular flexibility index (Phi) is 4.45. The van der Waals surface area contributed by atoms with E-state index in [9.17, 15) is 0 Å². The smallest absolute Gasteiger partial charge is 0.145 e. The predicted molar refractivity (Wildman–Crippen MR) is 85.0 cm³/mol. The summed E-state index contributed by atoms with van der Waals surface area (Å²) >= 11 is 0. The number of pyridine rings is 1. The largest absolute Gasteiger partial charge is 0.494 e. The van der Waals surface area contributed by atoms with E-state index in [2.05, 4.69) is 37.3 Å². The van der Waals surface area contributed by atoms with Crippen LogP contribution >= 0.6 is 0 Å². The number of benzene rings is 1. The maximum atomic E-state index is 5.44. The van der Waals surface area contributed by atoms with Crippen molar-refractivity contribution in [1.82, 2.24) is 10.3 Å². The Hall–Kier alpha value is -1.81. The van der Waals surface area contributed by atoms with E-state index in [1.54, 1.807) is 7.11 Å². The van der Waals surface area contributed by atoms with Crippen molar-refractivity contribution in [2.75, 3.05) is 39.7 Å². The molecule has 0 aliphatic heterocycles. The van der Waals surface area contributed by atoms with Gasteiger partial charge in [0.05, 0.1) is 12.8 Å². The van der Waals surface area contributed by atoms with Gasteiger partial charge in [-0.05, 0) is 38.6 Å². The van der Waals surface area contributed by atoms with Crippen LogP contribution in [0, 0.1) is 6.92 Å². The van der Waals surface area contributed by atoms with Gasteiger partial charge in [-0.15, -0.1) is 0 Å². The molecular weight excluding hydrogens is 250 g/mol. The third-order valence-corrected chi connectivity index (χ3v) is 3.55. The Bertz CT molecular complexity index is 608. The molecule has 1 N–H and O–H groups in total. The molecule has 0 amide bonds. The first-order valence-electron chi connectivity index (χ1n) is 6.88. The summed E-state index contributed by atoms with van der Waals surface area (Å²) in [5.41, 5.74) is 4.54. The second-order valence-electron chi connectivity index (χ2n) is 5.13. The number of rotatable bonds is 5. The monoisotopic (exact) mass is 273 g/mol. The Morgan fingerprint density at radius 3 is 2.65 bits per heavy atom. The van der Waals surface area contributed by atoms with Crippen molar-refractivity contribution in [2.24, 2.45) is 0 Å². The molecule has 0 aliphatic rings. The number of fused-ring (bicyclic) bond motifs is 1. The van der Waals surface area contributed by atoms with Crippen LogP contribution in [0.1, 0.15) is 11.3 Å². The molecule has 20 heavy (non-hydrogen) atoms. The number of anilines is 1. The fourth-order valence-corrected chi connectivity index (χ4v) is 2.62. The minimum Gasteiger partial charge on any atom is -0.494 e. The lowest BCUT2D eigenvalue weighted by Gasteiger charge is -2.22. The van der Waals surface area contributed by atoms with Crippen molar-refractivity contribution in [3.8, 4) is 5.75 Å². The van der Waals surface area contributed by atoms with Gasteiger partial charge in [-0.25, -0.2) is 4.98 Å². The van der Waals surface area contributed by atoms with Crippen molar-refractivity contribution in [2.45, 2.75) is 13.3 Å². The van der Waals surface area contributed by atoms with Gasteiger partial charge >= 0.3 is 0 Å². The van der Waals surface area contributed by atoms with E-state index in [4.69, 9.17) is 9.72 Å². The SMILES string of the molecule is CNCCc1c(C)nc2c(OC)cccc2c1N(C)C. The Balaban J connectivity index is 2.74. The molecule has 0 aliphatic carbocycles. The van der Waals surface area contributed by atoms with Crippen LogP contribution < -0.4 is 15.0 Å². The van der Waals surface area contributed by atoms with Gasteiger partial charge in [0.2, 0.25) is 0 Å². The van der Waals surface area contributed by atoms with Gasteiger partial charge in [0.1, 0.15) is 11.3 Å². The molecule has 4 nitrogen and oxygen atoms in total. The maximum Gasteiger partial charge on any atom is 0.145 e. The van der Waals surface area contributed by atoms with Crippen LogP contribution in [0.5, 0.6) is 5.75 Å². The molecule has 0 saturated heterocycles. The summed E-state index contributed by atoms with van der Waals surface area (Å²) in [7, 11) is 7.82. The summed E-state index contributed by atoms with van der Waals surface area (Å²) in [4.78, 5) is 6.93. The molecule has 2 rings (SSSR count). The Morgan fingerprint density at radius 1 is 1.30 bits per heavy atom. The number of hydrogen-bond acceptors (Lipinski definition) is 4. The number of aromatic nitrogens is 1. The number of aryl methyl sites for hydroxylation is 1.